The molecule has 3 aliphatic rings. The predicted molar refractivity (Wildman–Crippen MR) is 116 cm³/mol. The minimum Gasteiger partial charge on any atom is -0.376 e. The van der Waals surface area contributed by atoms with Crippen molar-refractivity contribution in [1.29, 1.82) is 0 Å². The number of anilines is 1. The second-order valence-electron chi connectivity index (χ2n) is 8.40. The highest BCUT2D eigenvalue weighted by Gasteiger charge is 2.38. The van der Waals surface area contributed by atoms with Crippen LogP contribution < -0.4 is 10.6 Å². The first-order valence-corrected chi connectivity index (χ1v) is 10.8. The highest BCUT2D eigenvalue weighted by Crippen LogP contribution is 2.28. The molecule has 2 aromatic carbocycles. The van der Waals surface area contributed by atoms with Crippen LogP contribution in [0.5, 0.6) is 0 Å². The number of carbonyl (C=O) groups excluding carboxylic acids is 4. The molecule has 164 valence electrons. The van der Waals surface area contributed by atoms with Crippen molar-refractivity contribution in [1.82, 2.24) is 10.2 Å². The zero-order valence-electron chi connectivity index (χ0n) is 17.4. The molecular weight excluding hydrogens is 410 g/mol. The molecule has 3 heterocycles. The maximum Gasteiger partial charge on any atom is 0.261 e. The Hall–Kier alpha value is -3.52. The number of carbonyl (C=O) groups is 4. The molecule has 8 heteroatoms. The van der Waals surface area contributed by atoms with Crippen LogP contribution in [0.2, 0.25) is 0 Å². The lowest BCUT2D eigenvalue weighted by atomic mass is 9.98. The number of nitrogens with zero attached hydrogens (tertiary/aromatic N) is 1. The number of hydrogen-bond acceptors (Lipinski definition) is 5. The Kier molecular flexibility index (Phi) is 5.22. The van der Waals surface area contributed by atoms with Crippen LogP contribution in [0.15, 0.2) is 42.5 Å². The largest absolute Gasteiger partial charge is 0.376 e. The fraction of sp³-hybridized carbons (Fsp3) is 0.333. The minimum atomic E-state index is -0.393. The van der Waals surface area contributed by atoms with Gasteiger partial charge in [0.25, 0.3) is 17.7 Å². The van der Waals surface area contributed by atoms with Gasteiger partial charge in [-0.2, -0.15) is 0 Å². The summed E-state index contributed by atoms with van der Waals surface area (Å²) in [5, 5.41) is 5.66. The standard InChI is InChI=1S/C24H23N3O5/c28-21-11-16(12-25-21)14-3-1-4-17(9-14)26-22(29)15-6-7-19-20(10-15)24(31)27(23(19)30)13-18-5-2-8-32-18/h1,3-4,6-7,9-10,16,18H,2,5,8,11-13H2,(H,25,28)(H,26,29). The molecule has 8 nitrogen and oxygen atoms in total. The summed E-state index contributed by atoms with van der Waals surface area (Å²) in [6, 6.07) is 12.0. The van der Waals surface area contributed by atoms with Crippen LogP contribution in [0.3, 0.4) is 0 Å². The van der Waals surface area contributed by atoms with E-state index in [1.165, 1.54) is 17.0 Å². The van der Waals surface area contributed by atoms with Crippen molar-refractivity contribution < 1.29 is 23.9 Å². The van der Waals surface area contributed by atoms with E-state index in [0.29, 0.717) is 36.4 Å². The molecule has 2 fully saturated rings. The Morgan fingerprint density at radius 3 is 2.69 bits per heavy atom. The second-order valence-corrected chi connectivity index (χ2v) is 8.40. The summed E-state index contributed by atoms with van der Waals surface area (Å²) >= 11 is 0. The number of imide groups is 1. The van der Waals surface area contributed by atoms with Crippen molar-refractivity contribution in [3.8, 4) is 0 Å². The normalized spacial score (nSPS) is 22.2. The zero-order chi connectivity index (χ0) is 22.2. The Bertz CT molecular complexity index is 1120. The van der Waals surface area contributed by atoms with E-state index in [-0.39, 0.29) is 41.9 Å². The predicted octanol–water partition coefficient (Wildman–Crippen LogP) is 2.32. The van der Waals surface area contributed by atoms with Crippen molar-refractivity contribution in [2.75, 3.05) is 25.0 Å². The minimum absolute atomic E-state index is 0.0235. The van der Waals surface area contributed by atoms with E-state index in [0.717, 1.165) is 18.4 Å². The van der Waals surface area contributed by atoms with Gasteiger partial charge in [-0.15, -0.1) is 0 Å². The fourth-order valence-electron chi connectivity index (χ4n) is 4.50. The average Bonchev–Trinajstić information content (AvgIpc) is 3.52. The van der Waals surface area contributed by atoms with Gasteiger partial charge in [0, 0.05) is 36.7 Å². The molecule has 0 saturated carbocycles. The van der Waals surface area contributed by atoms with Gasteiger partial charge < -0.3 is 15.4 Å². The van der Waals surface area contributed by atoms with Gasteiger partial charge in [-0.25, -0.2) is 0 Å². The van der Waals surface area contributed by atoms with Gasteiger partial charge in [-0.05, 0) is 48.7 Å². The monoisotopic (exact) mass is 433 g/mol. The van der Waals surface area contributed by atoms with Crippen LogP contribution in [0, 0.1) is 0 Å². The highest BCUT2D eigenvalue weighted by atomic mass is 16.5. The molecule has 4 amide bonds. The van der Waals surface area contributed by atoms with Crippen molar-refractivity contribution >= 4 is 29.3 Å². The number of fused-ring (bicyclic) bond motifs is 1. The Morgan fingerprint density at radius 2 is 1.94 bits per heavy atom. The maximum absolute atomic E-state index is 12.8. The van der Waals surface area contributed by atoms with E-state index < -0.39 is 5.91 Å². The molecule has 0 radical (unpaired) electrons. The van der Waals surface area contributed by atoms with Crippen LogP contribution >= 0.6 is 0 Å². The van der Waals surface area contributed by atoms with E-state index in [9.17, 15) is 19.2 Å². The highest BCUT2D eigenvalue weighted by molar-refractivity contribution is 6.22. The molecule has 5 rings (SSSR count). The molecule has 2 saturated heterocycles. The van der Waals surface area contributed by atoms with E-state index in [1.807, 2.05) is 18.2 Å². The van der Waals surface area contributed by atoms with Crippen molar-refractivity contribution in [3.63, 3.8) is 0 Å². The van der Waals surface area contributed by atoms with Crippen LogP contribution in [0.1, 0.15) is 61.8 Å². The lowest BCUT2D eigenvalue weighted by molar-refractivity contribution is -0.119. The quantitative estimate of drug-likeness (QED) is 0.704. The topological polar surface area (TPSA) is 105 Å². The van der Waals surface area contributed by atoms with Gasteiger partial charge in [-0.3, -0.25) is 24.1 Å². The number of amides is 4. The lowest BCUT2D eigenvalue weighted by Gasteiger charge is -2.17. The molecule has 2 unspecified atom stereocenters. The van der Waals surface area contributed by atoms with Crippen LogP contribution in [0.25, 0.3) is 0 Å². The first kappa shape index (κ1) is 20.4. The number of rotatable bonds is 5. The summed E-state index contributed by atoms with van der Waals surface area (Å²) in [7, 11) is 0. The van der Waals surface area contributed by atoms with Crippen LogP contribution in [0.4, 0.5) is 5.69 Å². The fourth-order valence-corrected chi connectivity index (χ4v) is 4.50. The molecule has 2 aromatic rings. The Balaban J connectivity index is 1.31. The molecule has 0 bridgehead atoms. The van der Waals surface area contributed by atoms with E-state index >= 15 is 0 Å². The molecule has 0 aliphatic carbocycles. The number of ether oxygens (including phenoxy) is 1. The Morgan fingerprint density at radius 1 is 1.09 bits per heavy atom. The molecular formula is C24H23N3O5. The molecule has 0 aromatic heterocycles. The molecule has 0 spiro atoms. The van der Waals surface area contributed by atoms with Crippen molar-refractivity contribution in [3.05, 3.63) is 64.7 Å². The summed E-state index contributed by atoms with van der Waals surface area (Å²) < 4.78 is 5.56. The third kappa shape index (κ3) is 3.78. The number of nitrogens with one attached hydrogen (secondary N) is 2. The molecule has 2 atom stereocenters. The zero-order valence-corrected chi connectivity index (χ0v) is 17.4. The van der Waals surface area contributed by atoms with E-state index in [4.69, 9.17) is 4.74 Å². The van der Waals surface area contributed by atoms with Gasteiger partial charge in [0.2, 0.25) is 5.91 Å². The average molecular weight is 433 g/mol. The van der Waals surface area contributed by atoms with Crippen molar-refractivity contribution in [2.24, 2.45) is 0 Å². The van der Waals surface area contributed by atoms with Gasteiger partial charge in [-0.1, -0.05) is 12.1 Å². The third-order valence-corrected chi connectivity index (χ3v) is 6.24. The third-order valence-electron chi connectivity index (χ3n) is 6.24. The Labute approximate surface area is 184 Å². The SMILES string of the molecule is O=C1CC(c2cccc(NC(=O)c3ccc4c(c3)C(=O)N(CC3CCCO3)C4=O)c2)CN1. The van der Waals surface area contributed by atoms with Gasteiger partial charge in [0.15, 0.2) is 0 Å². The maximum atomic E-state index is 12.8. The van der Waals surface area contributed by atoms with Gasteiger partial charge >= 0.3 is 0 Å². The van der Waals surface area contributed by atoms with E-state index in [1.54, 1.807) is 12.1 Å². The van der Waals surface area contributed by atoms with Crippen LogP contribution in [-0.2, 0) is 9.53 Å². The van der Waals surface area contributed by atoms with Crippen LogP contribution in [-0.4, -0.2) is 54.3 Å². The van der Waals surface area contributed by atoms with Gasteiger partial charge in [0.1, 0.15) is 0 Å². The molecule has 3 aliphatic heterocycles. The van der Waals surface area contributed by atoms with E-state index in [2.05, 4.69) is 10.6 Å². The molecule has 32 heavy (non-hydrogen) atoms. The number of hydrogen-bond donors (Lipinski definition) is 2. The van der Waals surface area contributed by atoms with Crippen molar-refractivity contribution in [2.45, 2.75) is 31.3 Å². The number of benzene rings is 2. The molecule has 2 N–H and O–H groups in total. The first-order valence-electron chi connectivity index (χ1n) is 10.8. The summed E-state index contributed by atoms with van der Waals surface area (Å²) in [6.07, 6.45) is 2.05. The summed E-state index contributed by atoms with van der Waals surface area (Å²) in [4.78, 5) is 51.0. The van der Waals surface area contributed by atoms with Gasteiger partial charge in [0.05, 0.1) is 23.8 Å². The lowest BCUT2D eigenvalue weighted by Crippen LogP contribution is -2.36. The first-order chi connectivity index (χ1) is 15.5. The summed E-state index contributed by atoms with van der Waals surface area (Å²) in [5.74, 6) is -1.01. The second kappa shape index (κ2) is 8.20. The summed E-state index contributed by atoms with van der Waals surface area (Å²) in [5.41, 5.74) is 2.43. The summed E-state index contributed by atoms with van der Waals surface area (Å²) in [6.45, 7) is 1.46. The smallest absolute Gasteiger partial charge is 0.261 e.